The maximum atomic E-state index is 14.8. The van der Waals surface area contributed by atoms with Crippen molar-refractivity contribution in [2.45, 2.75) is 31.9 Å². The second kappa shape index (κ2) is 12.7. The summed E-state index contributed by atoms with van der Waals surface area (Å²) in [5.74, 6) is -2.14. The molecule has 2 saturated heterocycles. The van der Waals surface area contributed by atoms with E-state index in [4.69, 9.17) is 0 Å². The average Bonchev–Trinajstić information content (AvgIpc) is 3.56. The molecule has 0 radical (unpaired) electrons. The number of imide groups is 1. The number of nitrogens with zero attached hydrogens (tertiary/aromatic N) is 6. The van der Waals surface area contributed by atoms with Crippen molar-refractivity contribution in [3.8, 4) is 0 Å². The van der Waals surface area contributed by atoms with Crippen LogP contribution in [0, 0.1) is 11.6 Å². The first-order valence-corrected chi connectivity index (χ1v) is 14.7. The molecule has 13 heteroatoms. The number of hydrogen-bond acceptors (Lipinski definition) is 8. The maximum absolute atomic E-state index is 14.8. The van der Waals surface area contributed by atoms with Gasteiger partial charge in [0.25, 0.3) is 11.1 Å². The smallest absolute Gasteiger partial charge is 0.294 e. The van der Waals surface area contributed by atoms with E-state index in [1.165, 1.54) is 29.0 Å². The van der Waals surface area contributed by atoms with Gasteiger partial charge in [-0.15, -0.1) is 0 Å². The van der Waals surface area contributed by atoms with Crippen molar-refractivity contribution in [2.24, 2.45) is 0 Å². The van der Waals surface area contributed by atoms with Gasteiger partial charge in [-0.2, -0.15) is 5.10 Å². The number of halogens is 2. The van der Waals surface area contributed by atoms with E-state index in [0.717, 1.165) is 34.4 Å². The third kappa shape index (κ3) is 7.00. The van der Waals surface area contributed by atoms with E-state index < -0.39 is 28.4 Å². The minimum atomic E-state index is -1.76. The fourth-order valence-electron chi connectivity index (χ4n) is 5.19. The molecule has 2 aliphatic rings. The zero-order chi connectivity index (χ0) is 30.7. The summed E-state index contributed by atoms with van der Waals surface area (Å²) in [7, 11) is 0. The standard InChI is InChI=1S/C30H32F2N6O4S/c1-20(2)22-5-3-21(4-6-22)13-26-28(40)38(29(41)43-26)15-27(39)36-11-9-35(10-12-36)16-30(42,17-37-19-33-18-34-37)24-8-7-23(31)14-25(24)32/h3-8,13-14,18-20,42H,9-12,15-17H2,1-2H3/b26-13-. The van der Waals surface area contributed by atoms with Crippen LogP contribution in [0.3, 0.4) is 0 Å². The molecule has 0 bridgehead atoms. The molecule has 2 aromatic carbocycles. The highest BCUT2D eigenvalue weighted by Crippen LogP contribution is 2.33. The normalized spacial score (nSPS) is 18.6. The van der Waals surface area contributed by atoms with Crippen LogP contribution < -0.4 is 0 Å². The van der Waals surface area contributed by atoms with Crippen LogP contribution in [-0.2, 0) is 21.7 Å². The van der Waals surface area contributed by atoms with Crippen molar-refractivity contribution in [3.05, 3.63) is 88.3 Å². The number of amides is 3. The van der Waals surface area contributed by atoms with Gasteiger partial charge in [0.15, 0.2) is 0 Å². The molecule has 226 valence electrons. The lowest BCUT2D eigenvalue weighted by atomic mass is 9.92. The van der Waals surface area contributed by atoms with Gasteiger partial charge in [0.05, 0.1) is 11.4 Å². The molecule has 0 spiro atoms. The topological polar surface area (TPSA) is 112 Å². The monoisotopic (exact) mass is 610 g/mol. The number of β-amino-alcohol motifs (C(OH)–C–C–N with tert-alkyl or cyclic N) is 1. The summed E-state index contributed by atoms with van der Waals surface area (Å²) in [6.07, 6.45) is 4.34. The van der Waals surface area contributed by atoms with Gasteiger partial charge in [-0.3, -0.25) is 24.2 Å². The van der Waals surface area contributed by atoms with Crippen LogP contribution in [-0.4, -0.2) is 90.9 Å². The molecule has 1 atom stereocenters. The molecule has 3 aromatic rings. The van der Waals surface area contributed by atoms with Crippen molar-refractivity contribution in [1.82, 2.24) is 29.5 Å². The van der Waals surface area contributed by atoms with Crippen LogP contribution in [0.4, 0.5) is 13.6 Å². The molecule has 1 aromatic heterocycles. The van der Waals surface area contributed by atoms with Gasteiger partial charge in [0.2, 0.25) is 5.91 Å². The summed E-state index contributed by atoms with van der Waals surface area (Å²) in [4.78, 5) is 47.2. The van der Waals surface area contributed by atoms with E-state index in [9.17, 15) is 28.3 Å². The third-order valence-electron chi connectivity index (χ3n) is 7.60. The van der Waals surface area contributed by atoms with E-state index in [0.29, 0.717) is 19.0 Å². The Bertz CT molecular complexity index is 1520. The van der Waals surface area contributed by atoms with Gasteiger partial charge < -0.3 is 10.0 Å². The molecule has 1 N–H and O–H groups in total. The molecule has 43 heavy (non-hydrogen) atoms. The number of thioether (sulfide) groups is 1. The number of piperazine rings is 1. The summed E-state index contributed by atoms with van der Waals surface area (Å²) in [6, 6.07) is 10.8. The van der Waals surface area contributed by atoms with Crippen molar-refractivity contribution in [2.75, 3.05) is 39.3 Å². The van der Waals surface area contributed by atoms with Gasteiger partial charge in [0.1, 0.15) is 36.4 Å². The SMILES string of the molecule is CC(C)c1ccc(/C=C2\SC(=O)N(CC(=O)N3CCN(CC(O)(Cn4cncn4)c4ccc(F)cc4F)CC3)C2=O)cc1. The Labute approximate surface area is 252 Å². The maximum Gasteiger partial charge on any atom is 0.294 e. The fourth-order valence-corrected chi connectivity index (χ4v) is 6.03. The molecule has 3 heterocycles. The number of aliphatic hydroxyl groups is 1. The second-order valence-corrected chi connectivity index (χ2v) is 12.0. The fraction of sp³-hybridized carbons (Fsp3) is 0.367. The number of aromatic nitrogens is 3. The summed E-state index contributed by atoms with van der Waals surface area (Å²) in [6.45, 7) is 4.93. The van der Waals surface area contributed by atoms with Crippen LogP contribution in [0.15, 0.2) is 60.0 Å². The number of rotatable bonds is 9. The first-order chi connectivity index (χ1) is 20.5. The predicted molar refractivity (Wildman–Crippen MR) is 157 cm³/mol. The zero-order valence-corrected chi connectivity index (χ0v) is 24.6. The number of benzene rings is 2. The highest BCUT2D eigenvalue weighted by Gasteiger charge is 2.39. The molecule has 10 nitrogen and oxygen atoms in total. The van der Waals surface area contributed by atoms with Gasteiger partial charge >= 0.3 is 0 Å². The Balaban J connectivity index is 1.20. The summed E-state index contributed by atoms with van der Waals surface area (Å²) < 4.78 is 29.7. The zero-order valence-electron chi connectivity index (χ0n) is 23.8. The first kappa shape index (κ1) is 30.5. The Morgan fingerprint density at radius 2 is 1.79 bits per heavy atom. The Kier molecular flexibility index (Phi) is 9.04. The molecule has 1 unspecified atom stereocenters. The quantitative estimate of drug-likeness (QED) is 0.367. The highest BCUT2D eigenvalue weighted by atomic mass is 32.2. The Morgan fingerprint density at radius 3 is 2.42 bits per heavy atom. The Hall–Kier alpha value is -3.94. The van der Waals surface area contributed by atoms with E-state index in [1.807, 2.05) is 29.2 Å². The summed E-state index contributed by atoms with van der Waals surface area (Å²) >= 11 is 0.810. The van der Waals surface area contributed by atoms with Crippen molar-refractivity contribution in [1.29, 1.82) is 0 Å². The van der Waals surface area contributed by atoms with Crippen molar-refractivity contribution < 1.29 is 28.3 Å². The predicted octanol–water partition coefficient (Wildman–Crippen LogP) is 3.45. The third-order valence-corrected chi connectivity index (χ3v) is 8.51. The molecular formula is C30H32F2N6O4S. The average molecular weight is 611 g/mol. The van der Waals surface area contributed by atoms with E-state index in [2.05, 4.69) is 23.9 Å². The van der Waals surface area contributed by atoms with Gasteiger partial charge in [-0.25, -0.2) is 18.4 Å². The molecule has 5 rings (SSSR count). The van der Waals surface area contributed by atoms with E-state index in [-0.39, 0.29) is 49.1 Å². The van der Waals surface area contributed by atoms with E-state index >= 15 is 0 Å². The highest BCUT2D eigenvalue weighted by molar-refractivity contribution is 8.18. The molecule has 0 aliphatic carbocycles. The number of carbonyl (C=O) groups is 3. The van der Waals surface area contributed by atoms with Crippen LogP contribution in [0.25, 0.3) is 6.08 Å². The van der Waals surface area contributed by atoms with Gasteiger partial charge in [0, 0.05) is 44.4 Å². The summed E-state index contributed by atoms with van der Waals surface area (Å²) in [5.41, 5.74) is 0.118. The van der Waals surface area contributed by atoms with Crippen LogP contribution in [0.5, 0.6) is 0 Å². The lowest BCUT2D eigenvalue weighted by Gasteiger charge is -2.40. The number of hydrogen-bond donors (Lipinski definition) is 1. The molecule has 3 amide bonds. The van der Waals surface area contributed by atoms with Crippen LogP contribution in [0.1, 0.15) is 36.5 Å². The van der Waals surface area contributed by atoms with Gasteiger partial charge in [-0.1, -0.05) is 44.2 Å². The molecular weight excluding hydrogens is 578 g/mol. The van der Waals surface area contributed by atoms with Crippen LogP contribution in [0.2, 0.25) is 0 Å². The first-order valence-electron chi connectivity index (χ1n) is 13.9. The molecule has 2 fully saturated rings. The summed E-state index contributed by atoms with van der Waals surface area (Å²) in [5, 5.41) is 15.1. The molecule has 2 aliphatic heterocycles. The lowest BCUT2D eigenvalue weighted by molar-refractivity contribution is -0.137. The van der Waals surface area contributed by atoms with E-state index in [1.54, 1.807) is 11.0 Å². The minimum absolute atomic E-state index is 0.0104. The molecule has 0 saturated carbocycles. The number of carbonyl (C=O) groups excluding carboxylic acids is 3. The van der Waals surface area contributed by atoms with Crippen LogP contribution >= 0.6 is 11.8 Å². The lowest BCUT2D eigenvalue weighted by Crippen LogP contribution is -2.55. The van der Waals surface area contributed by atoms with Gasteiger partial charge in [-0.05, 0) is 40.9 Å². The van der Waals surface area contributed by atoms with Crippen molar-refractivity contribution in [3.63, 3.8) is 0 Å². The van der Waals surface area contributed by atoms with Crippen molar-refractivity contribution >= 4 is 34.9 Å². The Morgan fingerprint density at radius 1 is 1.07 bits per heavy atom. The minimum Gasteiger partial charge on any atom is -0.382 e. The largest absolute Gasteiger partial charge is 0.382 e. The second-order valence-electron chi connectivity index (χ2n) is 11.0.